The van der Waals surface area contributed by atoms with Gasteiger partial charge in [0.15, 0.2) is 0 Å². The molecule has 0 aromatic heterocycles. The Balaban J connectivity index is 8.23. The molecule has 0 aromatic rings. The lowest BCUT2D eigenvalue weighted by Gasteiger charge is -2.54. The number of hydrogen-bond acceptors (Lipinski definition) is 0. The first-order chi connectivity index (χ1) is 17.8. The minimum atomic E-state index is -1.19. The van der Waals surface area contributed by atoms with Gasteiger partial charge in [0.05, 0.1) is 0 Å². The first-order valence-corrected chi connectivity index (χ1v) is 12.7. The molecule has 0 saturated heterocycles. The molecule has 0 heterocycles. The van der Waals surface area contributed by atoms with Crippen LogP contribution in [-0.4, -0.2) is 277 Å². The fraction of sp³-hybridized carbons (Fsp3) is 0. The van der Waals surface area contributed by atoms with E-state index in [4.69, 9.17) is 155 Å². The van der Waals surface area contributed by atoms with Crippen LogP contribution in [0, 0.1) is 0 Å². The molecule has 0 aliphatic carbocycles. The van der Waals surface area contributed by atoms with Gasteiger partial charge in [0.2, 0.25) is 0 Å². The molecular weight excluding hydrogens is 422 g/mol. The Morgan fingerprint density at radius 2 is 0.410 bits per heavy atom. The molecule has 0 rings (SSSR count). The van der Waals surface area contributed by atoms with E-state index in [1.165, 1.54) is 7.06 Å². The summed E-state index contributed by atoms with van der Waals surface area (Å²) in [5.74, 6) is 0. The van der Waals surface area contributed by atoms with E-state index in [1.807, 2.05) is 0 Å². The van der Waals surface area contributed by atoms with Crippen molar-refractivity contribution in [2.75, 3.05) is 0 Å². The van der Waals surface area contributed by atoms with Gasteiger partial charge < -0.3 is 7.74 Å². The van der Waals surface area contributed by atoms with Gasteiger partial charge >= 0.3 is 0 Å². The maximum atomic E-state index is 6.46. The summed E-state index contributed by atoms with van der Waals surface area (Å²) in [6.07, 6.45) is -19.7. The standard InChI is InChI=1S/B39/c1-21-31(20)36(30(18)19)39(37(32(22(2)3)23(4)5)33(24(6)7)25(8)9)38(34(26(10)11)27(12)13)35(28(14)15)29(16)17/q-1. The summed E-state index contributed by atoms with van der Waals surface area (Å²) in [5.41, 5.74) is 0. The Kier molecular flexibility index (Phi) is 20.4. The molecule has 0 aliphatic heterocycles. The van der Waals surface area contributed by atoms with E-state index in [-0.39, 0.29) is 0 Å². The summed E-state index contributed by atoms with van der Waals surface area (Å²) in [7, 11) is 126. The largest absolute Gasteiger partial charge is 0.690 e. The average molecular weight is 422 g/mol. The second kappa shape index (κ2) is 19.1. The molecule has 0 spiro atoms. The maximum Gasteiger partial charge on any atom is -0.0000000000000853 e. The molecule has 0 N–H and O–H groups in total. The molecule has 0 unspecified atom stereocenters. The van der Waals surface area contributed by atoms with Crippen molar-refractivity contribution in [2.45, 2.75) is 0 Å². The van der Waals surface area contributed by atoms with E-state index in [0.717, 1.165) is 0 Å². The van der Waals surface area contributed by atoms with Crippen LogP contribution in [-0.2, 0) is 0 Å². The number of hydrogen-bond donors (Lipinski definition) is 0. The molecule has 0 bridgehead atoms. The van der Waals surface area contributed by atoms with Crippen LogP contribution in [0.1, 0.15) is 0 Å². The Morgan fingerprint density at radius 1 is 0.256 bits per heavy atom. The summed E-state index contributed by atoms with van der Waals surface area (Å²) in [6.45, 7) is 0. The van der Waals surface area contributed by atoms with Crippen LogP contribution in [0.15, 0.2) is 0 Å². The highest BCUT2D eigenvalue weighted by Crippen LogP contribution is 2.18. The molecule has 0 nitrogen and oxygen atoms in total. The summed E-state index contributed by atoms with van der Waals surface area (Å²) in [5, 5.41) is 0. The van der Waals surface area contributed by atoms with Crippen LogP contribution in [0.25, 0.3) is 0 Å². The quantitative estimate of drug-likeness (QED) is 0.193. The smallest absolute Gasteiger partial charge is 0.0000000000000853 e. The molecule has 0 aromatic carbocycles. The predicted octanol–water partition coefficient (Wildman–Crippen LogP) is -14.9. The Bertz CT molecular complexity index is 502. The van der Waals surface area contributed by atoms with E-state index in [1.54, 1.807) is 0 Å². The molecule has 0 amide bonds. The lowest BCUT2D eigenvalue weighted by molar-refractivity contribution is 3.22. The van der Waals surface area contributed by atoms with Crippen LogP contribution < -0.4 is 0 Å². The van der Waals surface area contributed by atoms with Gasteiger partial charge in [-0.3, -0.25) is 7.06 Å². The van der Waals surface area contributed by atoms with Gasteiger partial charge in [-0.05, 0) is 262 Å². The summed E-state index contributed by atoms with van der Waals surface area (Å²) in [6, 6.07) is 0. The summed E-state index contributed by atoms with van der Waals surface area (Å²) in [4.78, 5) is 0. The highest BCUT2D eigenvalue weighted by Gasteiger charge is 2.56. The van der Waals surface area contributed by atoms with Crippen molar-refractivity contribution in [3.05, 3.63) is 0 Å². The van der Waals surface area contributed by atoms with E-state index >= 15 is 0 Å². The fourth-order valence-corrected chi connectivity index (χ4v) is 6.29. The molecule has 0 atom stereocenters. The van der Waals surface area contributed by atoms with Crippen LogP contribution in [0.3, 0.4) is 0 Å². The highest BCUT2D eigenvalue weighted by atomic mass is 13.4. The SMILES string of the molecule is [B]B([B])B(B([B])[B])B(B(B([B])[B])B([B])[B])B(B(B([B])[B])B([B])[B][B-])B(B(B([B])[B])B([B])[B])B(B([B])[B])B([B])[B]. The second-order valence-electron chi connectivity index (χ2n) is 10.6. The van der Waals surface area contributed by atoms with Crippen molar-refractivity contribution >= 4 is 277 Å². The molecule has 0 aliphatic rings. The van der Waals surface area contributed by atoms with E-state index in [0.29, 0.717) is 0 Å². The number of rotatable bonds is 18. The first-order valence-electron chi connectivity index (χ1n) is 12.7. The molecule has 42 radical (unpaired) electrons. The van der Waals surface area contributed by atoms with Crippen LogP contribution in [0.2, 0.25) is 0 Å². The normalized spacial score (nSPS) is 9.56. The zero-order chi connectivity index (χ0) is 31.1. The van der Waals surface area contributed by atoms with Crippen molar-refractivity contribution < 1.29 is 0 Å². The van der Waals surface area contributed by atoms with Crippen molar-refractivity contribution in [1.29, 1.82) is 0 Å². The van der Waals surface area contributed by atoms with Crippen molar-refractivity contribution in [1.82, 2.24) is 0 Å². The Morgan fingerprint density at radius 3 is 0.538 bits per heavy atom. The third-order valence-corrected chi connectivity index (χ3v) is 7.78. The maximum absolute atomic E-state index is 6.46. The molecule has 0 fully saturated rings. The lowest BCUT2D eigenvalue weighted by atomic mass is 8.28. The average Bonchev–Trinajstić information content (AvgIpc) is 2.73. The second-order valence-corrected chi connectivity index (χ2v) is 10.6. The van der Waals surface area contributed by atoms with Crippen molar-refractivity contribution in [2.24, 2.45) is 0 Å². The summed E-state index contributed by atoms with van der Waals surface area (Å²) >= 11 is 0. The zero-order valence-electron chi connectivity index (χ0n) is 22.5. The Labute approximate surface area is 275 Å². The van der Waals surface area contributed by atoms with Gasteiger partial charge in [-0.25, -0.2) is 0 Å². The van der Waals surface area contributed by atoms with Crippen LogP contribution >= 0.6 is 0 Å². The molecule has 39 heavy (non-hydrogen) atoms. The zero-order valence-corrected chi connectivity index (χ0v) is 22.5. The van der Waals surface area contributed by atoms with Crippen LogP contribution in [0.4, 0.5) is 0 Å². The molecule has 39 heteroatoms. The van der Waals surface area contributed by atoms with Crippen molar-refractivity contribution in [3.63, 3.8) is 0 Å². The Hall–Kier alpha value is 2.53. The minimum Gasteiger partial charge on any atom is -0.690 e. The van der Waals surface area contributed by atoms with Gasteiger partial charge in [0.25, 0.3) is 0 Å². The first kappa shape index (κ1) is 41.5. The molecule has 118 valence electrons. The van der Waals surface area contributed by atoms with Crippen molar-refractivity contribution in [3.8, 4) is 0 Å². The van der Waals surface area contributed by atoms with Gasteiger partial charge in [-0.15, -0.1) is 0 Å². The monoisotopic (exact) mass is 429 g/mol. The third-order valence-electron chi connectivity index (χ3n) is 7.78. The van der Waals surface area contributed by atoms with Gasteiger partial charge in [-0.2, -0.15) is 0 Å². The van der Waals surface area contributed by atoms with E-state index < -0.39 is 115 Å². The minimum absolute atomic E-state index is 0.981. The van der Waals surface area contributed by atoms with Gasteiger partial charge in [0.1, 0.15) is 0 Å². The lowest BCUT2D eigenvalue weighted by Crippen LogP contribution is -2.92. The van der Waals surface area contributed by atoms with E-state index in [2.05, 4.69) is 0 Å². The fourth-order valence-electron chi connectivity index (χ4n) is 6.29. The van der Waals surface area contributed by atoms with E-state index in [9.17, 15) is 0 Å². The molecular formula is B39-. The summed E-state index contributed by atoms with van der Waals surface area (Å²) < 4.78 is 0. The van der Waals surface area contributed by atoms with Crippen LogP contribution in [0.5, 0.6) is 0 Å². The van der Waals surface area contributed by atoms with Gasteiger partial charge in [0, 0.05) is 0 Å². The third kappa shape index (κ3) is 11.4. The topological polar surface area (TPSA) is 0 Å². The highest BCUT2D eigenvalue weighted by molar-refractivity contribution is 8.31. The predicted molar refractivity (Wildman–Crippen MR) is 224 cm³/mol. The van der Waals surface area contributed by atoms with Gasteiger partial charge in [-0.1, -0.05) is 0 Å². The molecule has 0 saturated carbocycles.